The monoisotopic (exact) mass is 256 g/mol. The number of allylic oxidation sites excluding steroid dienone is 2. The Kier molecular flexibility index (Phi) is 1.90. The summed E-state index contributed by atoms with van der Waals surface area (Å²) in [5, 5.41) is 0. The number of Topliss-reactive ketones (excluding diaryl/α,β-unsaturated/α-hetero) is 1. The van der Waals surface area contributed by atoms with Gasteiger partial charge in [0.1, 0.15) is 0 Å². The molecule has 4 nitrogen and oxygen atoms in total. The van der Waals surface area contributed by atoms with Crippen molar-refractivity contribution in [1.29, 1.82) is 0 Å². The third kappa shape index (κ3) is 1.03. The molecule has 94 valence electrons. The topological polar surface area (TPSA) is 71.4 Å². The van der Waals surface area contributed by atoms with Gasteiger partial charge in [0.05, 0.1) is 11.2 Å². The number of carbonyl (C=O) groups is 1. The lowest BCUT2D eigenvalue weighted by atomic mass is 9.36. The molecule has 1 N–H and O–H groups in total. The Balaban J connectivity index is 2.10. The molecular formula is C12H16O4S. The molecule has 3 rings (SSSR count). The van der Waals surface area contributed by atoms with E-state index in [9.17, 15) is 13.2 Å². The van der Waals surface area contributed by atoms with Crippen molar-refractivity contribution in [2.45, 2.75) is 26.7 Å². The fourth-order valence-electron chi connectivity index (χ4n) is 4.57. The van der Waals surface area contributed by atoms with Gasteiger partial charge in [0.15, 0.2) is 5.78 Å². The molecule has 3 fully saturated rings. The van der Waals surface area contributed by atoms with Gasteiger partial charge >= 0.3 is 0 Å². The zero-order valence-electron chi connectivity index (χ0n) is 9.93. The lowest BCUT2D eigenvalue weighted by Gasteiger charge is -2.67. The van der Waals surface area contributed by atoms with Crippen molar-refractivity contribution >= 4 is 15.9 Å². The van der Waals surface area contributed by atoms with Gasteiger partial charge in [0.2, 0.25) is 0 Å². The maximum atomic E-state index is 12.4. The molecule has 0 aromatic heterocycles. The van der Waals surface area contributed by atoms with Crippen molar-refractivity contribution in [3.8, 4) is 0 Å². The maximum absolute atomic E-state index is 12.4. The van der Waals surface area contributed by atoms with Crippen molar-refractivity contribution < 1.29 is 17.8 Å². The molecule has 0 bridgehead atoms. The van der Waals surface area contributed by atoms with Gasteiger partial charge in [-0.15, -0.1) is 0 Å². The summed E-state index contributed by atoms with van der Waals surface area (Å²) in [5.41, 5.74) is -0.275. The molecule has 3 aliphatic carbocycles. The highest BCUT2D eigenvalue weighted by Gasteiger charge is 2.80. The first kappa shape index (κ1) is 11.4. The minimum atomic E-state index is -4.10. The van der Waals surface area contributed by atoms with Crippen LogP contribution in [-0.4, -0.2) is 24.5 Å². The molecule has 17 heavy (non-hydrogen) atoms. The Hall–Kier alpha value is -0.680. The number of hydrogen-bond acceptors (Lipinski definition) is 3. The van der Waals surface area contributed by atoms with Crippen LogP contribution in [0.5, 0.6) is 0 Å². The van der Waals surface area contributed by atoms with E-state index < -0.39 is 21.3 Å². The van der Waals surface area contributed by atoms with E-state index in [1.54, 1.807) is 0 Å². The fourth-order valence-corrected chi connectivity index (χ4v) is 5.76. The van der Waals surface area contributed by atoms with E-state index in [4.69, 9.17) is 4.55 Å². The summed E-state index contributed by atoms with van der Waals surface area (Å²) in [4.78, 5) is 12.4. The molecule has 0 amide bonds. The third-order valence-electron chi connectivity index (χ3n) is 5.53. The normalized spacial score (nSPS) is 49.8. The van der Waals surface area contributed by atoms with Crippen molar-refractivity contribution in [1.82, 2.24) is 0 Å². The average molecular weight is 256 g/mol. The summed E-state index contributed by atoms with van der Waals surface area (Å²) < 4.78 is 31.4. The summed E-state index contributed by atoms with van der Waals surface area (Å²) >= 11 is 0. The van der Waals surface area contributed by atoms with E-state index in [2.05, 4.69) is 0 Å². The van der Waals surface area contributed by atoms with Crippen molar-refractivity contribution in [3.63, 3.8) is 0 Å². The lowest BCUT2D eigenvalue weighted by molar-refractivity contribution is -0.196. The summed E-state index contributed by atoms with van der Waals surface area (Å²) in [6.07, 6.45) is 3.43. The standard InChI is InChI=1S/C12H16O4S/c1-3-8-9-4-7-5-12(10(8)13,11(7,9)2)6-17(14,15)16/h3,7,9H,4-6H2,1-2H3,(H,14,15,16)/b8-3+/t7?,9?,11?,12-/m1/s1. The van der Waals surface area contributed by atoms with E-state index in [0.717, 1.165) is 12.0 Å². The SMILES string of the molecule is C/C=C1/C(=O)[C@]2(CS(=O)(=O)O)CC3CC1C32C. The Morgan fingerprint density at radius 3 is 2.65 bits per heavy atom. The molecule has 0 spiro atoms. The molecule has 0 aromatic rings. The van der Waals surface area contributed by atoms with Crippen LogP contribution in [0.3, 0.4) is 0 Å². The van der Waals surface area contributed by atoms with Gasteiger partial charge in [-0.25, -0.2) is 0 Å². The summed E-state index contributed by atoms with van der Waals surface area (Å²) in [7, 11) is -4.10. The smallest absolute Gasteiger partial charge is 0.265 e. The highest BCUT2D eigenvalue weighted by molar-refractivity contribution is 7.85. The Bertz CT molecular complexity index is 547. The predicted molar refractivity (Wildman–Crippen MR) is 61.9 cm³/mol. The molecule has 0 heterocycles. The molecule has 5 heteroatoms. The molecule has 4 atom stereocenters. The van der Waals surface area contributed by atoms with Gasteiger partial charge in [-0.2, -0.15) is 8.42 Å². The number of hydrogen-bond donors (Lipinski definition) is 1. The van der Waals surface area contributed by atoms with Crippen molar-refractivity contribution in [3.05, 3.63) is 11.6 Å². The number of carbonyl (C=O) groups excluding carboxylic acids is 1. The van der Waals surface area contributed by atoms with Crippen LogP contribution in [0.4, 0.5) is 0 Å². The zero-order valence-corrected chi connectivity index (χ0v) is 10.8. The van der Waals surface area contributed by atoms with Gasteiger partial charge in [0.25, 0.3) is 10.1 Å². The molecule has 0 aromatic carbocycles. The summed E-state index contributed by atoms with van der Waals surface area (Å²) in [6, 6.07) is 0. The molecule has 3 unspecified atom stereocenters. The van der Waals surface area contributed by atoms with E-state index in [1.165, 1.54) is 0 Å². The van der Waals surface area contributed by atoms with Crippen LogP contribution in [0.2, 0.25) is 0 Å². The first-order chi connectivity index (χ1) is 7.76. The molecular weight excluding hydrogens is 240 g/mol. The van der Waals surface area contributed by atoms with E-state index in [-0.39, 0.29) is 17.1 Å². The van der Waals surface area contributed by atoms with Gasteiger partial charge in [-0.3, -0.25) is 9.35 Å². The zero-order chi connectivity index (χ0) is 12.6. The Morgan fingerprint density at radius 1 is 1.53 bits per heavy atom. The highest BCUT2D eigenvalue weighted by atomic mass is 32.2. The minimum Gasteiger partial charge on any atom is -0.294 e. The molecule has 0 saturated heterocycles. The van der Waals surface area contributed by atoms with E-state index in [1.807, 2.05) is 19.9 Å². The predicted octanol–water partition coefficient (Wildman–Crippen LogP) is 1.44. The van der Waals surface area contributed by atoms with Crippen LogP contribution in [-0.2, 0) is 14.9 Å². The molecule has 0 radical (unpaired) electrons. The quantitative estimate of drug-likeness (QED) is 0.599. The second-order valence-corrected chi connectivity index (χ2v) is 7.31. The average Bonchev–Trinajstić information content (AvgIpc) is 2.35. The molecule has 3 aliphatic rings. The summed E-state index contributed by atoms with van der Waals surface area (Å²) in [5.74, 6) is 0.217. The van der Waals surface area contributed by atoms with Crippen LogP contribution in [0.1, 0.15) is 26.7 Å². The van der Waals surface area contributed by atoms with Crippen molar-refractivity contribution in [2.75, 3.05) is 5.75 Å². The first-order valence-electron chi connectivity index (χ1n) is 5.92. The molecule has 3 saturated carbocycles. The second-order valence-electron chi connectivity index (χ2n) is 5.85. The molecule has 0 aliphatic heterocycles. The van der Waals surface area contributed by atoms with Gasteiger partial charge in [-0.1, -0.05) is 13.0 Å². The van der Waals surface area contributed by atoms with E-state index in [0.29, 0.717) is 12.3 Å². The van der Waals surface area contributed by atoms with Gasteiger partial charge in [0, 0.05) is 0 Å². The van der Waals surface area contributed by atoms with Crippen LogP contribution in [0.15, 0.2) is 11.6 Å². The van der Waals surface area contributed by atoms with Crippen LogP contribution in [0.25, 0.3) is 0 Å². The van der Waals surface area contributed by atoms with Crippen molar-refractivity contribution in [2.24, 2.45) is 22.7 Å². The maximum Gasteiger partial charge on any atom is 0.265 e. The number of ketones is 1. The summed E-state index contributed by atoms with van der Waals surface area (Å²) in [6.45, 7) is 3.84. The lowest BCUT2D eigenvalue weighted by Crippen LogP contribution is -2.67. The first-order valence-corrected chi connectivity index (χ1v) is 7.53. The number of rotatable bonds is 2. The second kappa shape index (κ2) is 2.83. The van der Waals surface area contributed by atoms with Crippen LogP contribution < -0.4 is 0 Å². The Morgan fingerprint density at radius 2 is 2.18 bits per heavy atom. The largest absolute Gasteiger partial charge is 0.294 e. The van der Waals surface area contributed by atoms with Gasteiger partial charge in [-0.05, 0) is 42.6 Å². The fraction of sp³-hybridized carbons (Fsp3) is 0.750. The van der Waals surface area contributed by atoms with Crippen LogP contribution >= 0.6 is 0 Å². The van der Waals surface area contributed by atoms with Crippen LogP contribution in [0, 0.1) is 22.7 Å². The Labute approximate surface area is 101 Å². The highest BCUT2D eigenvalue weighted by Crippen LogP contribution is 2.80. The van der Waals surface area contributed by atoms with Gasteiger partial charge < -0.3 is 0 Å². The minimum absolute atomic E-state index is 0.0427. The third-order valence-corrected chi connectivity index (χ3v) is 6.39. The van der Waals surface area contributed by atoms with E-state index >= 15 is 0 Å².